The van der Waals surface area contributed by atoms with Gasteiger partial charge in [-0.05, 0) is 38.8 Å². The van der Waals surface area contributed by atoms with Crippen LogP contribution >= 0.6 is 0 Å². The predicted octanol–water partition coefficient (Wildman–Crippen LogP) is 0.819. The van der Waals surface area contributed by atoms with Gasteiger partial charge < -0.3 is 10.4 Å². The monoisotopic (exact) mass is 340 g/mol. The number of rotatable bonds is 5. The van der Waals surface area contributed by atoms with Crippen molar-refractivity contribution in [2.45, 2.75) is 43.2 Å². The van der Waals surface area contributed by atoms with E-state index in [2.05, 4.69) is 5.32 Å². The second kappa shape index (κ2) is 6.29. The summed E-state index contributed by atoms with van der Waals surface area (Å²) < 4.78 is 26.5. The SMILES string of the molecule is CC(C)(NC(=O)C1CCCN1S(=O)(=O)c1ccccc1)C(=O)O. The molecule has 0 bridgehead atoms. The fraction of sp³-hybridized carbons (Fsp3) is 0.467. The number of carbonyl (C=O) groups excluding carboxylic acids is 1. The molecule has 1 atom stereocenters. The fourth-order valence-electron chi connectivity index (χ4n) is 2.46. The van der Waals surface area contributed by atoms with E-state index in [1.54, 1.807) is 18.2 Å². The lowest BCUT2D eigenvalue weighted by Gasteiger charge is -2.27. The second-order valence-corrected chi connectivity index (χ2v) is 7.90. The Bertz CT molecular complexity index is 700. The topological polar surface area (TPSA) is 104 Å². The van der Waals surface area contributed by atoms with E-state index in [0.29, 0.717) is 12.8 Å². The van der Waals surface area contributed by atoms with Crippen LogP contribution in [-0.2, 0) is 19.6 Å². The molecule has 23 heavy (non-hydrogen) atoms. The summed E-state index contributed by atoms with van der Waals surface area (Å²) in [7, 11) is -3.78. The van der Waals surface area contributed by atoms with Gasteiger partial charge in [0.1, 0.15) is 11.6 Å². The molecule has 8 heteroatoms. The third kappa shape index (κ3) is 3.53. The Morgan fingerprint density at radius 1 is 1.26 bits per heavy atom. The molecule has 1 aliphatic rings. The Kier molecular flexibility index (Phi) is 4.76. The first kappa shape index (κ1) is 17.4. The maximum atomic E-state index is 12.7. The van der Waals surface area contributed by atoms with Crippen LogP contribution in [0.3, 0.4) is 0 Å². The standard InChI is InChI=1S/C15H20N2O5S/c1-15(2,14(19)20)16-13(18)12-9-6-10-17(12)23(21,22)11-7-4-3-5-8-11/h3-5,7-8,12H,6,9-10H2,1-2H3,(H,16,18)(H,19,20). The van der Waals surface area contributed by atoms with Crippen molar-refractivity contribution in [1.29, 1.82) is 0 Å². The Morgan fingerprint density at radius 3 is 2.43 bits per heavy atom. The second-order valence-electron chi connectivity index (χ2n) is 6.01. The number of carbonyl (C=O) groups is 2. The maximum Gasteiger partial charge on any atom is 0.328 e. The van der Waals surface area contributed by atoms with Crippen molar-refractivity contribution < 1.29 is 23.1 Å². The number of nitrogens with zero attached hydrogens (tertiary/aromatic N) is 1. The quantitative estimate of drug-likeness (QED) is 0.826. The van der Waals surface area contributed by atoms with Gasteiger partial charge in [-0.25, -0.2) is 13.2 Å². The lowest BCUT2D eigenvalue weighted by atomic mass is 10.1. The largest absolute Gasteiger partial charge is 0.480 e. The van der Waals surface area contributed by atoms with Gasteiger partial charge in [0.05, 0.1) is 4.90 Å². The molecular formula is C15H20N2O5S. The van der Waals surface area contributed by atoms with Crippen molar-refractivity contribution >= 4 is 21.9 Å². The molecule has 1 aromatic carbocycles. The molecule has 1 aliphatic heterocycles. The highest BCUT2D eigenvalue weighted by molar-refractivity contribution is 7.89. The number of amides is 1. The summed E-state index contributed by atoms with van der Waals surface area (Å²) in [4.78, 5) is 23.6. The first-order chi connectivity index (χ1) is 10.7. The third-order valence-corrected chi connectivity index (χ3v) is 5.75. The first-order valence-electron chi connectivity index (χ1n) is 7.28. The molecule has 7 nitrogen and oxygen atoms in total. The van der Waals surface area contributed by atoms with Crippen molar-refractivity contribution in [1.82, 2.24) is 9.62 Å². The molecule has 1 heterocycles. The molecular weight excluding hydrogens is 320 g/mol. The molecule has 2 N–H and O–H groups in total. The van der Waals surface area contributed by atoms with Gasteiger partial charge in [-0.1, -0.05) is 18.2 Å². The summed E-state index contributed by atoms with van der Waals surface area (Å²) in [6.07, 6.45) is 0.922. The highest BCUT2D eigenvalue weighted by Crippen LogP contribution is 2.26. The minimum Gasteiger partial charge on any atom is -0.480 e. The van der Waals surface area contributed by atoms with E-state index >= 15 is 0 Å². The fourth-order valence-corrected chi connectivity index (χ4v) is 4.14. The molecule has 1 amide bonds. The highest BCUT2D eigenvalue weighted by Gasteiger charge is 2.41. The zero-order chi connectivity index (χ0) is 17.3. The molecule has 1 aromatic rings. The molecule has 0 radical (unpaired) electrons. The minimum absolute atomic E-state index is 0.122. The van der Waals surface area contributed by atoms with Crippen LogP contribution in [0.25, 0.3) is 0 Å². The molecule has 0 spiro atoms. The molecule has 126 valence electrons. The van der Waals surface area contributed by atoms with E-state index in [9.17, 15) is 18.0 Å². The first-order valence-corrected chi connectivity index (χ1v) is 8.72. The lowest BCUT2D eigenvalue weighted by molar-refractivity contribution is -0.146. The normalized spacial score (nSPS) is 19.5. The van der Waals surface area contributed by atoms with Crippen molar-refractivity contribution in [2.75, 3.05) is 6.54 Å². The van der Waals surface area contributed by atoms with Crippen LogP contribution in [0.2, 0.25) is 0 Å². The van der Waals surface area contributed by atoms with Gasteiger partial charge in [0.15, 0.2) is 0 Å². The number of carboxylic acids is 1. The van der Waals surface area contributed by atoms with Crippen molar-refractivity contribution in [3.63, 3.8) is 0 Å². The van der Waals surface area contributed by atoms with Gasteiger partial charge in [0.2, 0.25) is 15.9 Å². The van der Waals surface area contributed by atoms with Crippen molar-refractivity contribution in [3.05, 3.63) is 30.3 Å². The average Bonchev–Trinajstić information content (AvgIpc) is 2.98. The summed E-state index contributed by atoms with van der Waals surface area (Å²) in [5.74, 6) is -1.77. The Hall–Kier alpha value is -1.93. The molecule has 1 fully saturated rings. The van der Waals surface area contributed by atoms with Gasteiger partial charge in [-0.2, -0.15) is 4.31 Å². The predicted molar refractivity (Wildman–Crippen MR) is 83.2 cm³/mol. The zero-order valence-corrected chi connectivity index (χ0v) is 13.8. The number of carboxylic acid groups (broad SMARTS) is 1. The van der Waals surface area contributed by atoms with Crippen LogP contribution in [0, 0.1) is 0 Å². The van der Waals surface area contributed by atoms with E-state index in [1.807, 2.05) is 0 Å². The molecule has 1 saturated heterocycles. The number of hydrogen-bond donors (Lipinski definition) is 2. The van der Waals surface area contributed by atoms with Crippen LogP contribution in [0.4, 0.5) is 0 Å². The van der Waals surface area contributed by atoms with Crippen LogP contribution in [-0.4, -0.2) is 47.8 Å². The Balaban J connectivity index is 2.24. The van der Waals surface area contributed by atoms with Gasteiger partial charge >= 0.3 is 5.97 Å². The Labute approximate surface area is 135 Å². The van der Waals surface area contributed by atoms with Crippen molar-refractivity contribution in [2.24, 2.45) is 0 Å². The van der Waals surface area contributed by atoms with Gasteiger partial charge in [-0.15, -0.1) is 0 Å². The number of hydrogen-bond acceptors (Lipinski definition) is 4. The third-order valence-electron chi connectivity index (χ3n) is 3.83. The van der Waals surface area contributed by atoms with E-state index in [4.69, 9.17) is 5.11 Å². The van der Waals surface area contributed by atoms with Crippen LogP contribution in [0.1, 0.15) is 26.7 Å². The lowest BCUT2D eigenvalue weighted by Crippen LogP contribution is -2.55. The van der Waals surface area contributed by atoms with E-state index in [-0.39, 0.29) is 11.4 Å². The highest BCUT2D eigenvalue weighted by atomic mass is 32.2. The number of benzene rings is 1. The van der Waals surface area contributed by atoms with Crippen LogP contribution < -0.4 is 5.32 Å². The van der Waals surface area contributed by atoms with Crippen LogP contribution in [0.15, 0.2) is 35.2 Å². The number of nitrogens with one attached hydrogen (secondary N) is 1. The number of sulfonamides is 1. The van der Waals surface area contributed by atoms with Crippen molar-refractivity contribution in [3.8, 4) is 0 Å². The van der Waals surface area contributed by atoms with E-state index < -0.39 is 33.5 Å². The van der Waals surface area contributed by atoms with E-state index in [1.165, 1.54) is 26.0 Å². The van der Waals surface area contributed by atoms with E-state index in [0.717, 1.165) is 4.31 Å². The summed E-state index contributed by atoms with van der Waals surface area (Å²) in [5, 5.41) is 11.5. The molecule has 0 aromatic heterocycles. The summed E-state index contributed by atoms with van der Waals surface area (Å²) in [6, 6.07) is 7.01. The summed E-state index contributed by atoms with van der Waals surface area (Å²) in [6.45, 7) is 2.96. The van der Waals surface area contributed by atoms with Gasteiger partial charge in [0.25, 0.3) is 0 Å². The maximum absolute atomic E-state index is 12.7. The smallest absolute Gasteiger partial charge is 0.328 e. The molecule has 1 unspecified atom stereocenters. The molecule has 0 saturated carbocycles. The molecule has 2 rings (SSSR count). The van der Waals surface area contributed by atoms with Crippen LogP contribution in [0.5, 0.6) is 0 Å². The summed E-state index contributed by atoms with van der Waals surface area (Å²) >= 11 is 0. The Morgan fingerprint density at radius 2 is 1.87 bits per heavy atom. The van der Waals surface area contributed by atoms with Gasteiger partial charge in [-0.3, -0.25) is 4.79 Å². The summed E-state index contributed by atoms with van der Waals surface area (Å²) in [5.41, 5.74) is -1.46. The van der Waals surface area contributed by atoms with Gasteiger partial charge in [0, 0.05) is 6.54 Å². The molecule has 0 aliphatic carbocycles. The number of aliphatic carboxylic acids is 1. The zero-order valence-electron chi connectivity index (χ0n) is 13.0. The average molecular weight is 340 g/mol. The minimum atomic E-state index is -3.78.